The number of nitrogen functional groups attached to an aromatic ring is 1. The maximum Gasteiger partial charge on any atom is 0.153 e. The molecule has 96 valence electrons. The second-order valence-electron chi connectivity index (χ2n) is 4.60. The Morgan fingerprint density at radius 3 is 2.89 bits per heavy atom. The molecule has 2 aromatic rings. The lowest BCUT2D eigenvalue weighted by Crippen LogP contribution is -1.97. The van der Waals surface area contributed by atoms with Gasteiger partial charge >= 0.3 is 0 Å². The zero-order valence-electron chi connectivity index (χ0n) is 10.7. The summed E-state index contributed by atoms with van der Waals surface area (Å²) in [4.78, 5) is 0. The summed E-state index contributed by atoms with van der Waals surface area (Å²) < 4.78 is 13.3. The Kier molecular flexibility index (Phi) is 3.65. The van der Waals surface area contributed by atoms with Gasteiger partial charge in [0.15, 0.2) is 5.82 Å². The quantitative estimate of drug-likeness (QED) is 0.865. The number of nitrogens with zero attached hydrogens (tertiary/aromatic N) is 1. The van der Waals surface area contributed by atoms with Crippen LogP contribution < -0.4 is 5.73 Å². The summed E-state index contributed by atoms with van der Waals surface area (Å²) in [6.07, 6.45) is 2.13. The third-order valence-electron chi connectivity index (χ3n) is 3.15. The molecule has 0 aliphatic carbocycles. The molecule has 0 aliphatic heterocycles. The van der Waals surface area contributed by atoms with E-state index in [0.717, 1.165) is 29.7 Å². The lowest BCUT2D eigenvalue weighted by molar-refractivity contribution is 0.628. The summed E-state index contributed by atoms with van der Waals surface area (Å²) >= 11 is 0. The van der Waals surface area contributed by atoms with Gasteiger partial charge in [-0.1, -0.05) is 32.4 Å². The Morgan fingerprint density at radius 1 is 1.44 bits per heavy atom. The van der Waals surface area contributed by atoms with Crippen molar-refractivity contribution in [2.45, 2.75) is 32.6 Å². The minimum atomic E-state index is -0.262. The molecule has 1 aromatic heterocycles. The summed E-state index contributed by atoms with van der Waals surface area (Å²) in [7, 11) is 0. The molecule has 18 heavy (non-hydrogen) atoms. The first-order chi connectivity index (χ1) is 8.63. The molecular formula is C14H18FN3. The fourth-order valence-electron chi connectivity index (χ4n) is 2.25. The molecule has 0 fully saturated rings. The third kappa shape index (κ3) is 2.37. The molecule has 0 spiro atoms. The second-order valence-corrected chi connectivity index (χ2v) is 4.60. The van der Waals surface area contributed by atoms with Crippen LogP contribution in [0.3, 0.4) is 0 Å². The Labute approximate surface area is 106 Å². The monoisotopic (exact) mass is 247 g/mol. The Morgan fingerprint density at radius 2 is 2.22 bits per heavy atom. The smallest absolute Gasteiger partial charge is 0.153 e. The predicted octanol–water partition coefficient (Wildman–Crippen LogP) is 3.70. The fraction of sp³-hybridized carbons (Fsp3) is 0.357. The zero-order valence-corrected chi connectivity index (χ0v) is 10.7. The number of halogens is 1. The average Bonchev–Trinajstić information content (AvgIpc) is 2.71. The molecule has 0 aliphatic rings. The molecule has 0 saturated carbocycles. The Bertz CT molecular complexity index is 534. The van der Waals surface area contributed by atoms with Crippen LogP contribution in [0.1, 0.15) is 38.3 Å². The van der Waals surface area contributed by atoms with E-state index in [1.807, 2.05) is 6.07 Å². The number of rotatable bonds is 4. The molecule has 0 bridgehead atoms. The molecule has 2 rings (SSSR count). The van der Waals surface area contributed by atoms with Gasteiger partial charge in [0.05, 0.1) is 0 Å². The maximum absolute atomic E-state index is 13.3. The molecule has 0 radical (unpaired) electrons. The lowest BCUT2D eigenvalue weighted by Gasteiger charge is -2.11. The summed E-state index contributed by atoms with van der Waals surface area (Å²) in [6, 6.07) is 6.45. The fourth-order valence-corrected chi connectivity index (χ4v) is 2.25. The standard InChI is InChI=1S/C14H18FN3/c1-3-5-9(2)13-12(14(16)18-17-13)10-6-4-7-11(15)8-10/h4,6-9H,3,5H2,1-2H3,(H3,16,17,18). The van der Waals surface area contributed by atoms with Gasteiger partial charge in [0.25, 0.3) is 0 Å². The minimum Gasteiger partial charge on any atom is -0.382 e. The Hall–Kier alpha value is -1.84. The topological polar surface area (TPSA) is 54.7 Å². The van der Waals surface area contributed by atoms with Gasteiger partial charge < -0.3 is 5.73 Å². The van der Waals surface area contributed by atoms with E-state index in [9.17, 15) is 4.39 Å². The van der Waals surface area contributed by atoms with Gasteiger partial charge in [0.1, 0.15) is 5.82 Å². The van der Waals surface area contributed by atoms with Gasteiger partial charge in [0.2, 0.25) is 0 Å². The summed E-state index contributed by atoms with van der Waals surface area (Å²) in [5.41, 5.74) is 8.48. The van der Waals surface area contributed by atoms with Crippen LogP contribution in [0.15, 0.2) is 24.3 Å². The number of aromatic nitrogens is 2. The molecule has 1 atom stereocenters. The van der Waals surface area contributed by atoms with Crippen molar-refractivity contribution in [2.24, 2.45) is 0 Å². The lowest BCUT2D eigenvalue weighted by atomic mass is 9.95. The van der Waals surface area contributed by atoms with E-state index in [4.69, 9.17) is 5.73 Å². The van der Waals surface area contributed by atoms with Crippen molar-refractivity contribution >= 4 is 5.82 Å². The highest BCUT2D eigenvalue weighted by molar-refractivity contribution is 5.76. The van der Waals surface area contributed by atoms with Crippen molar-refractivity contribution in [1.29, 1.82) is 0 Å². The average molecular weight is 247 g/mol. The van der Waals surface area contributed by atoms with Crippen molar-refractivity contribution in [3.8, 4) is 11.1 Å². The molecule has 1 unspecified atom stereocenters. The highest BCUT2D eigenvalue weighted by Gasteiger charge is 2.17. The number of H-pyrrole nitrogens is 1. The van der Waals surface area contributed by atoms with Crippen molar-refractivity contribution < 1.29 is 4.39 Å². The van der Waals surface area contributed by atoms with E-state index in [1.54, 1.807) is 6.07 Å². The highest BCUT2D eigenvalue weighted by atomic mass is 19.1. The zero-order chi connectivity index (χ0) is 13.1. The van der Waals surface area contributed by atoms with E-state index >= 15 is 0 Å². The van der Waals surface area contributed by atoms with Gasteiger partial charge in [-0.15, -0.1) is 0 Å². The molecule has 3 nitrogen and oxygen atoms in total. The molecule has 3 N–H and O–H groups in total. The number of hydrogen-bond acceptors (Lipinski definition) is 2. The van der Waals surface area contributed by atoms with Gasteiger partial charge in [-0.3, -0.25) is 5.10 Å². The molecule has 1 heterocycles. The largest absolute Gasteiger partial charge is 0.382 e. The van der Waals surface area contributed by atoms with Crippen LogP contribution in [0.5, 0.6) is 0 Å². The second kappa shape index (κ2) is 5.21. The summed E-state index contributed by atoms with van der Waals surface area (Å²) in [5, 5.41) is 7.04. The molecule has 0 saturated heterocycles. The Balaban J connectivity index is 2.47. The normalized spacial score (nSPS) is 12.6. The van der Waals surface area contributed by atoms with Gasteiger partial charge in [-0.05, 0) is 30.0 Å². The van der Waals surface area contributed by atoms with Gasteiger partial charge in [-0.2, -0.15) is 5.10 Å². The van der Waals surface area contributed by atoms with E-state index in [2.05, 4.69) is 24.0 Å². The maximum atomic E-state index is 13.3. The van der Waals surface area contributed by atoms with Gasteiger partial charge in [-0.25, -0.2) is 4.39 Å². The predicted molar refractivity (Wildman–Crippen MR) is 71.7 cm³/mol. The molecule has 1 aromatic carbocycles. The van der Waals surface area contributed by atoms with E-state index < -0.39 is 0 Å². The first kappa shape index (κ1) is 12.6. The van der Waals surface area contributed by atoms with Crippen LogP contribution in [-0.2, 0) is 0 Å². The molecule has 0 amide bonds. The van der Waals surface area contributed by atoms with Gasteiger partial charge in [0, 0.05) is 11.3 Å². The van der Waals surface area contributed by atoms with Crippen molar-refractivity contribution in [2.75, 3.05) is 5.73 Å². The first-order valence-electron chi connectivity index (χ1n) is 6.23. The van der Waals surface area contributed by atoms with E-state index in [1.165, 1.54) is 12.1 Å². The van der Waals surface area contributed by atoms with E-state index in [-0.39, 0.29) is 5.82 Å². The molecule has 4 heteroatoms. The van der Waals surface area contributed by atoms with Crippen LogP contribution in [0.2, 0.25) is 0 Å². The number of anilines is 1. The van der Waals surface area contributed by atoms with Crippen LogP contribution in [0.4, 0.5) is 10.2 Å². The number of nitrogens with one attached hydrogen (secondary N) is 1. The van der Waals surface area contributed by atoms with Crippen molar-refractivity contribution in [3.05, 3.63) is 35.8 Å². The van der Waals surface area contributed by atoms with Crippen LogP contribution in [-0.4, -0.2) is 10.2 Å². The number of nitrogens with two attached hydrogens (primary N) is 1. The number of hydrogen-bond donors (Lipinski definition) is 2. The number of aromatic amines is 1. The van der Waals surface area contributed by atoms with Crippen molar-refractivity contribution in [1.82, 2.24) is 10.2 Å². The molecular weight excluding hydrogens is 229 g/mol. The first-order valence-corrected chi connectivity index (χ1v) is 6.23. The van der Waals surface area contributed by atoms with E-state index in [0.29, 0.717) is 11.7 Å². The summed E-state index contributed by atoms with van der Waals surface area (Å²) in [6.45, 7) is 4.26. The van der Waals surface area contributed by atoms with Crippen LogP contribution >= 0.6 is 0 Å². The van der Waals surface area contributed by atoms with Crippen LogP contribution in [0.25, 0.3) is 11.1 Å². The highest BCUT2D eigenvalue weighted by Crippen LogP contribution is 2.34. The number of benzene rings is 1. The SMILES string of the molecule is CCCC(C)c1[nH]nc(N)c1-c1cccc(F)c1. The summed E-state index contributed by atoms with van der Waals surface area (Å²) in [5.74, 6) is 0.499. The van der Waals surface area contributed by atoms with Crippen LogP contribution in [0, 0.1) is 5.82 Å². The van der Waals surface area contributed by atoms with Crippen molar-refractivity contribution in [3.63, 3.8) is 0 Å². The minimum absolute atomic E-state index is 0.262. The third-order valence-corrected chi connectivity index (χ3v) is 3.15.